The predicted molar refractivity (Wildman–Crippen MR) is 108 cm³/mol. The molecule has 0 aliphatic carbocycles. The van der Waals surface area contributed by atoms with Gasteiger partial charge in [0.2, 0.25) is 0 Å². The number of hydrogen-bond donors (Lipinski definition) is 0. The molecule has 0 aliphatic rings. The molecule has 0 fully saturated rings. The molecule has 26 heavy (non-hydrogen) atoms. The Morgan fingerprint density at radius 2 is 1.04 bits per heavy atom. The van der Waals surface area contributed by atoms with Gasteiger partial charge < -0.3 is 0 Å². The van der Waals surface area contributed by atoms with Gasteiger partial charge in [-0.25, -0.2) is 0 Å². The summed E-state index contributed by atoms with van der Waals surface area (Å²) in [6.45, 7) is 11.9. The maximum Gasteiger partial charge on any atom is 0.168 e. The highest BCUT2D eigenvalue weighted by Gasteiger charge is 2.34. The molecule has 2 nitrogen and oxygen atoms in total. The summed E-state index contributed by atoms with van der Waals surface area (Å²) in [4.78, 5) is 25.9. The second kappa shape index (κ2) is 7.57. The molecule has 0 saturated heterocycles. The van der Waals surface area contributed by atoms with Crippen molar-refractivity contribution in [1.82, 2.24) is 0 Å². The Hall–Kier alpha value is -2.22. The molecule has 138 valence electrons. The average molecular weight is 351 g/mol. The van der Waals surface area contributed by atoms with Crippen molar-refractivity contribution in [3.63, 3.8) is 0 Å². The predicted octanol–water partition coefficient (Wildman–Crippen LogP) is 6.20. The number of ketones is 2. The Kier molecular flexibility index (Phi) is 5.85. The van der Waals surface area contributed by atoms with Gasteiger partial charge in [0.1, 0.15) is 0 Å². The zero-order chi connectivity index (χ0) is 19.5. The molecule has 0 radical (unpaired) electrons. The molecular weight excluding hydrogens is 320 g/mol. The Balaban J connectivity index is 2.12. The van der Waals surface area contributed by atoms with E-state index in [4.69, 9.17) is 0 Å². The first kappa shape index (κ1) is 20.1. The SMILES string of the molecule is Cc1cccc(C(=O)C(C)(C)CCC(C)(C)C(=O)c2cccc(C)c2)c1. The van der Waals surface area contributed by atoms with Crippen molar-refractivity contribution < 1.29 is 9.59 Å². The van der Waals surface area contributed by atoms with Crippen LogP contribution in [0.5, 0.6) is 0 Å². The Morgan fingerprint density at radius 1 is 0.692 bits per heavy atom. The van der Waals surface area contributed by atoms with Gasteiger partial charge >= 0.3 is 0 Å². The van der Waals surface area contributed by atoms with E-state index in [0.29, 0.717) is 12.8 Å². The molecule has 0 aromatic heterocycles. The maximum absolute atomic E-state index is 12.9. The van der Waals surface area contributed by atoms with E-state index in [0.717, 1.165) is 22.3 Å². The average Bonchev–Trinajstić information content (AvgIpc) is 2.59. The number of carbonyl (C=O) groups excluding carboxylic acids is 2. The lowest BCUT2D eigenvalue weighted by molar-refractivity contribution is 0.0741. The summed E-state index contributed by atoms with van der Waals surface area (Å²) in [5.41, 5.74) is 2.66. The fourth-order valence-corrected chi connectivity index (χ4v) is 3.21. The third-order valence-electron chi connectivity index (χ3n) is 5.16. The van der Waals surface area contributed by atoms with Gasteiger partial charge in [-0.3, -0.25) is 9.59 Å². The monoisotopic (exact) mass is 350 g/mol. The largest absolute Gasteiger partial charge is 0.294 e. The zero-order valence-corrected chi connectivity index (χ0v) is 16.8. The molecule has 2 heteroatoms. The molecule has 0 N–H and O–H groups in total. The molecular formula is C24H30O2. The minimum Gasteiger partial charge on any atom is -0.294 e. The van der Waals surface area contributed by atoms with E-state index in [1.807, 2.05) is 90.1 Å². The van der Waals surface area contributed by atoms with Gasteiger partial charge in [0, 0.05) is 22.0 Å². The summed E-state index contributed by atoms with van der Waals surface area (Å²) in [5, 5.41) is 0. The van der Waals surface area contributed by atoms with Crippen LogP contribution in [-0.4, -0.2) is 11.6 Å². The molecule has 2 aromatic rings. The van der Waals surface area contributed by atoms with Crippen LogP contribution in [0, 0.1) is 24.7 Å². The Bertz CT molecular complexity index is 743. The molecule has 2 rings (SSSR count). The van der Waals surface area contributed by atoms with Crippen LogP contribution >= 0.6 is 0 Å². The van der Waals surface area contributed by atoms with Gasteiger partial charge in [-0.05, 0) is 38.8 Å². The standard InChI is InChI=1S/C24H30O2/c1-17-9-7-11-19(15-17)21(25)23(3,4)13-14-24(5,6)22(26)20-12-8-10-18(2)16-20/h7-12,15-16H,13-14H2,1-6H3. The van der Waals surface area contributed by atoms with Crippen molar-refractivity contribution in [1.29, 1.82) is 0 Å². The smallest absolute Gasteiger partial charge is 0.168 e. The van der Waals surface area contributed by atoms with Crippen LogP contribution in [0.15, 0.2) is 48.5 Å². The first-order chi connectivity index (χ1) is 12.0. The molecule has 0 unspecified atom stereocenters. The fraction of sp³-hybridized carbons (Fsp3) is 0.417. The Morgan fingerprint density at radius 3 is 1.35 bits per heavy atom. The third kappa shape index (κ3) is 4.69. The van der Waals surface area contributed by atoms with Crippen molar-refractivity contribution in [3.05, 3.63) is 70.8 Å². The highest BCUT2D eigenvalue weighted by Crippen LogP contribution is 2.35. The van der Waals surface area contributed by atoms with Gasteiger partial charge in [0.25, 0.3) is 0 Å². The molecule has 0 bridgehead atoms. The number of hydrogen-bond acceptors (Lipinski definition) is 2. The molecule has 0 heterocycles. The van der Waals surface area contributed by atoms with Gasteiger partial charge in [0.15, 0.2) is 11.6 Å². The van der Waals surface area contributed by atoms with E-state index >= 15 is 0 Å². The molecule has 0 spiro atoms. The lowest BCUT2D eigenvalue weighted by Gasteiger charge is -2.29. The van der Waals surface area contributed by atoms with E-state index in [9.17, 15) is 9.59 Å². The number of Topliss-reactive ketones (excluding diaryl/α,β-unsaturated/α-hetero) is 2. The second-order valence-corrected chi connectivity index (χ2v) is 8.66. The van der Waals surface area contributed by atoms with Gasteiger partial charge in [0.05, 0.1) is 0 Å². The topological polar surface area (TPSA) is 34.1 Å². The van der Waals surface area contributed by atoms with Gasteiger partial charge in [-0.15, -0.1) is 0 Å². The summed E-state index contributed by atoms with van der Waals surface area (Å²) in [6, 6.07) is 15.5. The molecule has 0 saturated carbocycles. The van der Waals surface area contributed by atoms with E-state index in [1.165, 1.54) is 0 Å². The van der Waals surface area contributed by atoms with E-state index < -0.39 is 10.8 Å². The molecule has 2 aromatic carbocycles. The van der Waals surface area contributed by atoms with Crippen LogP contribution in [0.4, 0.5) is 0 Å². The van der Waals surface area contributed by atoms with Crippen LogP contribution in [0.3, 0.4) is 0 Å². The minimum absolute atomic E-state index is 0.139. The first-order valence-electron chi connectivity index (χ1n) is 9.26. The number of aryl methyl sites for hydroxylation is 2. The normalized spacial score (nSPS) is 12.1. The molecule has 0 aliphatic heterocycles. The van der Waals surface area contributed by atoms with E-state index in [1.54, 1.807) is 0 Å². The van der Waals surface area contributed by atoms with Crippen LogP contribution in [0.1, 0.15) is 72.4 Å². The summed E-state index contributed by atoms with van der Waals surface area (Å²) < 4.78 is 0. The maximum atomic E-state index is 12.9. The van der Waals surface area contributed by atoms with Crippen LogP contribution in [-0.2, 0) is 0 Å². The molecule has 0 atom stereocenters. The highest BCUT2D eigenvalue weighted by molar-refractivity contribution is 6.01. The van der Waals surface area contributed by atoms with Gasteiger partial charge in [-0.1, -0.05) is 75.2 Å². The minimum atomic E-state index is -0.502. The summed E-state index contributed by atoms with van der Waals surface area (Å²) in [6.07, 6.45) is 1.34. The quantitative estimate of drug-likeness (QED) is 0.557. The van der Waals surface area contributed by atoms with Crippen molar-refractivity contribution >= 4 is 11.6 Å². The van der Waals surface area contributed by atoms with E-state index in [2.05, 4.69) is 0 Å². The lowest BCUT2D eigenvalue weighted by atomic mass is 9.72. The van der Waals surface area contributed by atoms with Crippen LogP contribution in [0.2, 0.25) is 0 Å². The zero-order valence-electron chi connectivity index (χ0n) is 16.8. The number of benzene rings is 2. The molecule has 0 amide bonds. The Labute approximate surface area is 157 Å². The number of rotatable bonds is 7. The van der Waals surface area contributed by atoms with Crippen molar-refractivity contribution in [2.45, 2.75) is 54.4 Å². The van der Waals surface area contributed by atoms with Crippen molar-refractivity contribution in [2.24, 2.45) is 10.8 Å². The summed E-state index contributed by atoms with van der Waals surface area (Å²) in [7, 11) is 0. The number of carbonyl (C=O) groups is 2. The summed E-state index contributed by atoms with van der Waals surface area (Å²) in [5.74, 6) is 0.278. The summed E-state index contributed by atoms with van der Waals surface area (Å²) >= 11 is 0. The van der Waals surface area contributed by atoms with Crippen molar-refractivity contribution in [3.8, 4) is 0 Å². The lowest BCUT2D eigenvalue weighted by Crippen LogP contribution is -2.30. The first-order valence-corrected chi connectivity index (χ1v) is 9.26. The van der Waals surface area contributed by atoms with Crippen LogP contribution in [0.25, 0.3) is 0 Å². The third-order valence-corrected chi connectivity index (χ3v) is 5.16. The van der Waals surface area contributed by atoms with Gasteiger partial charge in [-0.2, -0.15) is 0 Å². The van der Waals surface area contributed by atoms with E-state index in [-0.39, 0.29) is 11.6 Å². The highest BCUT2D eigenvalue weighted by atomic mass is 16.1. The second-order valence-electron chi connectivity index (χ2n) is 8.66. The van der Waals surface area contributed by atoms with Crippen molar-refractivity contribution in [2.75, 3.05) is 0 Å². The fourth-order valence-electron chi connectivity index (χ4n) is 3.21. The van der Waals surface area contributed by atoms with Crippen LogP contribution < -0.4 is 0 Å².